The summed E-state index contributed by atoms with van der Waals surface area (Å²) in [6.45, 7) is 6.66. The van der Waals surface area contributed by atoms with Crippen molar-refractivity contribution in [2.24, 2.45) is 5.92 Å². The number of para-hydroxylation sites is 2. The van der Waals surface area contributed by atoms with Crippen molar-refractivity contribution in [3.05, 3.63) is 53.6 Å². The van der Waals surface area contributed by atoms with Gasteiger partial charge in [-0.1, -0.05) is 31.2 Å². The van der Waals surface area contributed by atoms with Crippen molar-refractivity contribution in [1.82, 2.24) is 4.90 Å². The number of hydrogen-bond acceptors (Lipinski definition) is 4. The zero-order chi connectivity index (χ0) is 23.3. The van der Waals surface area contributed by atoms with Crippen LogP contribution in [0, 0.1) is 19.8 Å². The third-order valence-corrected chi connectivity index (χ3v) is 5.86. The first-order valence-electron chi connectivity index (χ1n) is 10.9. The van der Waals surface area contributed by atoms with Crippen molar-refractivity contribution in [1.29, 1.82) is 0 Å². The molecule has 3 amide bonds. The minimum absolute atomic E-state index is 0.0630. The highest BCUT2D eigenvalue weighted by molar-refractivity contribution is 6.02. The summed E-state index contributed by atoms with van der Waals surface area (Å²) in [5, 5.41) is 2.82. The molecule has 1 aliphatic rings. The van der Waals surface area contributed by atoms with Gasteiger partial charge in [-0.3, -0.25) is 14.4 Å². The average Bonchev–Trinajstić information content (AvgIpc) is 3.16. The molecule has 0 saturated carbocycles. The molecule has 32 heavy (non-hydrogen) atoms. The maximum atomic E-state index is 13.3. The van der Waals surface area contributed by atoms with E-state index in [0.717, 1.165) is 23.2 Å². The summed E-state index contributed by atoms with van der Waals surface area (Å²) in [5.74, 6) is -0.435. The van der Waals surface area contributed by atoms with Crippen LogP contribution in [0.2, 0.25) is 0 Å². The van der Waals surface area contributed by atoms with Crippen LogP contribution in [-0.2, 0) is 14.4 Å². The molecule has 0 spiro atoms. The number of amides is 3. The van der Waals surface area contributed by atoms with Crippen molar-refractivity contribution >= 4 is 29.1 Å². The normalized spacial score (nSPS) is 15.6. The van der Waals surface area contributed by atoms with Crippen LogP contribution < -0.4 is 15.0 Å². The largest absolute Gasteiger partial charge is 0.495 e. The molecule has 0 radical (unpaired) electrons. The summed E-state index contributed by atoms with van der Waals surface area (Å²) in [5.41, 5.74) is 3.54. The van der Waals surface area contributed by atoms with E-state index in [4.69, 9.17) is 4.74 Å². The van der Waals surface area contributed by atoms with Gasteiger partial charge in [0.25, 0.3) is 0 Å². The fourth-order valence-electron chi connectivity index (χ4n) is 4.04. The van der Waals surface area contributed by atoms with Crippen molar-refractivity contribution in [2.45, 2.75) is 33.6 Å². The Morgan fingerprint density at radius 2 is 1.91 bits per heavy atom. The lowest BCUT2D eigenvalue weighted by Crippen LogP contribution is -2.42. The quantitative estimate of drug-likeness (QED) is 0.685. The molecule has 1 heterocycles. The first-order valence-corrected chi connectivity index (χ1v) is 10.9. The number of benzene rings is 2. The number of ether oxygens (including phenoxy) is 1. The summed E-state index contributed by atoms with van der Waals surface area (Å²) in [6, 6.07) is 13.0. The van der Waals surface area contributed by atoms with E-state index < -0.39 is 5.92 Å². The average molecular weight is 438 g/mol. The van der Waals surface area contributed by atoms with Crippen LogP contribution in [0.25, 0.3) is 0 Å². The van der Waals surface area contributed by atoms with Crippen LogP contribution in [0.15, 0.2) is 42.5 Å². The van der Waals surface area contributed by atoms with Gasteiger partial charge in [0.15, 0.2) is 0 Å². The number of rotatable bonds is 8. The minimum atomic E-state index is -0.465. The molecule has 2 aromatic rings. The summed E-state index contributed by atoms with van der Waals surface area (Å²) in [4.78, 5) is 41.9. The Bertz CT molecular complexity index is 1000. The van der Waals surface area contributed by atoms with E-state index in [0.29, 0.717) is 24.5 Å². The summed E-state index contributed by atoms with van der Waals surface area (Å²) in [7, 11) is 1.54. The van der Waals surface area contributed by atoms with Gasteiger partial charge in [-0.15, -0.1) is 0 Å². The molecule has 3 rings (SSSR count). The predicted octanol–water partition coefficient (Wildman–Crippen LogP) is 3.54. The second kappa shape index (κ2) is 10.3. The molecule has 1 saturated heterocycles. The van der Waals surface area contributed by atoms with E-state index >= 15 is 0 Å². The van der Waals surface area contributed by atoms with Crippen LogP contribution in [0.5, 0.6) is 5.75 Å². The lowest BCUT2D eigenvalue weighted by atomic mass is 10.1. The van der Waals surface area contributed by atoms with Crippen LogP contribution >= 0.6 is 0 Å². The second-order valence-corrected chi connectivity index (χ2v) is 8.13. The molecule has 0 aliphatic carbocycles. The van der Waals surface area contributed by atoms with E-state index in [1.807, 2.05) is 45.0 Å². The van der Waals surface area contributed by atoms with Crippen molar-refractivity contribution in [3.8, 4) is 5.75 Å². The molecule has 2 aromatic carbocycles. The number of methoxy groups -OCH3 is 1. The Morgan fingerprint density at radius 1 is 1.16 bits per heavy atom. The first kappa shape index (κ1) is 23.3. The summed E-state index contributed by atoms with van der Waals surface area (Å²) >= 11 is 0. The fourth-order valence-corrected chi connectivity index (χ4v) is 4.04. The molecule has 1 unspecified atom stereocenters. The van der Waals surface area contributed by atoms with Crippen molar-refractivity contribution < 1.29 is 19.1 Å². The van der Waals surface area contributed by atoms with Gasteiger partial charge in [0.1, 0.15) is 5.75 Å². The van der Waals surface area contributed by atoms with Gasteiger partial charge in [0, 0.05) is 25.2 Å². The Kier molecular flexibility index (Phi) is 7.51. The Labute approximate surface area is 189 Å². The topological polar surface area (TPSA) is 79.0 Å². The molecule has 1 N–H and O–H groups in total. The predicted molar refractivity (Wildman–Crippen MR) is 125 cm³/mol. The molecule has 170 valence electrons. The molecule has 1 aliphatic heterocycles. The van der Waals surface area contributed by atoms with E-state index in [1.54, 1.807) is 28.0 Å². The number of nitrogens with one attached hydrogen (secondary N) is 1. The van der Waals surface area contributed by atoms with Crippen LogP contribution in [0.3, 0.4) is 0 Å². The summed E-state index contributed by atoms with van der Waals surface area (Å²) in [6.07, 6.45) is 0.871. The molecule has 7 heteroatoms. The Balaban J connectivity index is 1.70. The third-order valence-electron chi connectivity index (χ3n) is 5.86. The second-order valence-electron chi connectivity index (χ2n) is 8.13. The lowest BCUT2D eigenvalue weighted by Gasteiger charge is -2.25. The van der Waals surface area contributed by atoms with Gasteiger partial charge >= 0.3 is 0 Å². The van der Waals surface area contributed by atoms with Gasteiger partial charge in [-0.25, -0.2) is 0 Å². The van der Waals surface area contributed by atoms with Gasteiger partial charge in [0.05, 0.1) is 25.3 Å². The minimum Gasteiger partial charge on any atom is -0.495 e. The molecule has 1 atom stereocenters. The van der Waals surface area contributed by atoms with Crippen LogP contribution in [0.4, 0.5) is 11.4 Å². The number of hydrogen-bond donors (Lipinski definition) is 1. The Morgan fingerprint density at radius 3 is 2.62 bits per heavy atom. The van der Waals surface area contributed by atoms with Gasteiger partial charge < -0.3 is 19.9 Å². The molecule has 0 aromatic heterocycles. The smallest absolute Gasteiger partial charge is 0.244 e. The maximum Gasteiger partial charge on any atom is 0.244 e. The zero-order valence-corrected chi connectivity index (χ0v) is 19.2. The highest BCUT2D eigenvalue weighted by Gasteiger charge is 2.38. The van der Waals surface area contributed by atoms with Crippen molar-refractivity contribution in [2.75, 3.05) is 37.0 Å². The molecular weight excluding hydrogens is 406 g/mol. The fraction of sp³-hybridized carbons (Fsp3) is 0.400. The zero-order valence-electron chi connectivity index (χ0n) is 19.2. The number of carbonyl (C=O) groups is 3. The van der Waals surface area contributed by atoms with Crippen LogP contribution in [0.1, 0.15) is 30.9 Å². The lowest BCUT2D eigenvalue weighted by molar-refractivity contribution is -0.138. The number of aryl methyl sites for hydroxylation is 1. The number of nitrogens with zero attached hydrogens (tertiary/aromatic N) is 2. The van der Waals surface area contributed by atoms with Gasteiger partial charge in [-0.05, 0) is 49.6 Å². The number of anilines is 2. The summed E-state index contributed by atoms with van der Waals surface area (Å²) < 4.78 is 5.27. The third kappa shape index (κ3) is 5.10. The van der Waals surface area contributed by atoms with E-state index in [-0.39, 0.29) is 30.7 Å². The van der Waals surface area contributed by atoms with Gasteiger partial charge in [-0.2, -0.15) is 0 Å². The molecule has 1 fully saturated rings. The van der Waals surface area contributed by atoms with E-state index in [1.165, 1.54) is 7.11 Å². The maximum absolute atomic E-state index is 13.3. The monoisotopic (exact) mass is 437 g/mol. The highest BCUT2D eigenvalue weighted by Crippen LogP contribution is 2.30. The molecule has 0 bridgehead atoms. The first-order chi connectivity index (χ1) is 15.3. The highest BCUT2D eigenvalue weighted by atomic mass is 16.5. The SMILES string of the molecule is CCCN(CC(=O)Nc1ccccc1OC)C(=O)C1CC(=O)N(c2cccc(C)c2C)C1. The van der Waals surface area contributed by atoms with E-state index in [9.17, 15) is 14.4 Å². The Hall–Kier alpha value is -3.35. The molecule has 7 nitrogen and oxygen atoms in total. The van der Waals surface area contributed by atoms with Crippen LogP contribution in [-0.4, -0.2) is 49.4 Å². The standard InChI is InChI=1S/C25H31N3O4/c1-5-13-27(16-23(29)26-20-10-6-7-12-22(20)32-4)25(31)19-14-24(30)28(15-19)21-11-8-9-17(2)18(21)3/h6-12,19H,5,13-16H2,1-4H3,(H,26,29). The number of carbonyl (C=O) groups excluding carboxylic acids is 3. The van der Waals surface area contributed by atoms with Gasteiger partial charge in [0.2, 0.25) is 17.7 Å². The van der Waals surface area contributed by atoms with Crippen molar-refractivity contribution in [3.63, 3.8) is 0 Å². The molecular formula is C25H31N3O4. The van der Waals surface area contributed by atoms with E-state index in [2.05, 4.69) is 5.32 Å².